The minimum atomic E-state index is 0.644. The number of fused-ring (bicyclic) bond motifs is 1. The fraction of sp³-hybridized carbons (Fsp3) is 0.167. The molecule has 1 aromatic carbocycles. The van der Waals surface area contributed by atoms with Gasteiger partial charge in [-0.25, -0.2) is 0 Å². The Morgan fingerprint density at radius 3 is 3.07 bits per heavy atom. The standard InChI is InChI=1S/C12H12N2/c1-2-7-13-11-5-6-12-10(9-11)4-3-8-14-12/h1,3-6,8-9,13H,2,7H2. The fourth-order valence-electron chi connectivity index (χ4n) is 1.40. The molecule has 0 bridgehead atoms. The molecule has 0 amide bonds. The molecular weight excluding hydrogens is 172 g/mol. The minimum Gasteiger partial charge on any atom is -0.385 e. The summed E-state index contributed by atoms with van der Waals surface area (Å²) >= 11 is 0. The Kier molecular flexibility index (Phi) is 2.63. The van der Waals surface area contributed by atoms with E-state index in [2.05, 4.69) is 22.4 Å². The first kappa shape index (κ1) is 9.00. The molecule has 1 aromatic heterocycles. The molecule has 70 valence electrons. The van der Waals surface area contributed by atoms with E-state index in [1.807, 2.05) is 18.2 Å². The van der Waals surface area contributed by atoms with Gasteiger partial charge in [0, 0.05) is 23.8 Å². The van der Waals surface area contributed by atoms with Crippen LogP contribution in [0.15, 0.2) is 36.5 Å². The molecule has 0 saturated heterocycles. The van der Waals surface area contributed by atoms with Crippen LogP contribution >= 0.6 is 0 Å². The van der Waals surface area contributed by atoms with Crippen LogP contribution in [-0.2, 0) is 0 Å². The Labute approximate surface area is 84.0 Å². The third-order valence-corrected chi connectivity index (χ3v) is 2.08. The van der Waals surface area contributed by atoms with E-state index in [4.69, 9.17) is 6.92 Å². The number of hydrogen-bond donors (Lipinski definition) is 1. The van der Waals surface area contributed by atoms with E-state index in [1.165, 1.54) is 0 Å². The molecule has 0 saturated carbocycles. The van der Waals surface area contributed by atoms with Gasteiger partial charge in [-0.15, -0.1) is 0 Å². The predicted octanol–water partition coefficient (Wildman–Crippen LogP) is 2.75. The molecule has 0 atom stereocenters. The van der Waals surface area contributed by atoms with Gasteiger partial charge in [-0.05, 0) is 37.6 Å². The average Bonchev–Trinajstić information content (AvgIpc) is 2.26. The zero-order chi connectivity index (χ0) is 9.80. The lowest BCUT2D eigenvalue weighted by atomic mass is 10.2. The van der Waals surface area contributed by atoms with E-state index in [0.29, 0.717) is 6.42 Å². The summed E-state index contributed by atoms with van der Waals surface area (Å²) in [5, 5.41) is 4.38. The van der Waals surface area contributed by atoms with Gasteiger partial charge in [0.25, 0.3) is 0 Å². The van der Waals surface area contributed by atoms with Crippen molar-refractivity contribution in [2.45, 2.75) is 6.42 Å². The molecule has 2 heteroatoms. The van der Waals surface area contributed by atoms with Crippen molar-refractivity contribution in [1.29, 1.82) is 0 Å². The molecule has 0 aliphatic rings. The lowest BCUT2D eigenvalue weighted by molar-refractivity contribution is 1.07. The van der Waals surface area contributed by atoms with Crippen LogP contribution in [0.25, 0.3) is 10.9 Å². The highest BCUT2D eigenvalue weighted by Gasteiger charge is 1.94. The quantitative estimate of drug-likeness (QED) is 0.793. The molecule has 14 heavy (non-hydrogen) atoms. The number of anilines is 1. The van der Waals surface area contributed by atoms with Crippen LogP contribution in [-0.4, -0.2) is 11.5 Å². The summed E-state index contributed by atoms with van der Waals surface area (Å²) in [5.41, 5.74) is 2.11. The number of pyridine rings is 1. The summed E-state index contributed by atoms with van der Waals surface area (Å²) in [7, 11) is 0. The second-order valence-electron chi connectivity index (χ2n) is 3.13. The van der Waals surface area contributed by atoms with Crippen LogP contribution in [0.5, 0.6) is 0 Å². The van der Waals surface area contributed by atoms with Crippen molar-refractivity contribution in [3.63, 3.8) is 0 Å². The summed E-state index contributed by atoms with van der Waals surface area (Å²) in [6.07, 6.45) is 2.44. The number of nitrogens with one attached hydrogen (secondary N) is 1. The molecular formula is C12H12N2. The average molecular weight is 184 g/mol. The van der Waals surface area contributed by atoms with Gasteiger partial charge in [-0.3, -0.25) is 4.98 Å². The molecule has 1 N–H and O–H groups in total. The lowest BCUT2D eigenvalue weighted by Gasteiger charge is -2.05. The van der Waals surface area contributed by atoms with Crippen LogP contribution in [0.2, 0.25) is 0 Å². The van der Waals surface area contributed by atoms with Gasteiger partial charge in [0.15, 0.2) is 0 Å². The largest absolute Gasteiger partial charge is 0.385 e. The molecule has 2 nitrogen and oxygen atoms in total. The summed E-state index contributed by atoms with van der Waals surface area (Å²) in [6.45, 7) is 6.21. The van der Waals surface area contributed by atoms with Gasteiger partial charge >= 0.3 is 0 Å². The molecule has 2 radical (unpaired) electrons. The third-order valence-electron chi connectivity index (χ3n) is 2.08. The van der Waals surface area contributed by atoms with Gasteiger partial charge in [0.1, 0.15) is 0 Å². The molecule has 2 aromatic rings. The van der Waals surface area contributed by atoms with Crippen molar-refractivity contribution in [3.8, 4) is 0 Å². The van der Waals surface area contributed by atoms with Crippen LogP contribution in [0.3, 0.4) is 0 Å². The van der Waals surface area contributed by atoms with E-state index in [9.17, 15) is 0 Å². The van der Waals surface area contributed by atoms with Crippen molar-refractivity contribution in [2.75, 3.05) is 11.9 Å². The summed E-state index contributed by atoms with van der Waals surface area (Å²) in [5.74, 6) is 0. The molecule has 0 fully saturated rings. The van der Waals surface area contributed by atoms with E-state index in [-0.39, 0.29) is 0 Å². The highest BCUT2D eigenvalue weighted by Crippen LogP contribution is 2.16. The second kappa shape index (κ2) is 4.09. The predicted molar refractivity (Wildman–Crippen MR) is 59.1 cm³/mol. The molecule has 0 spiro atoms. The number of benzene rings is 1. The van der Waals surface area contributed by atoms with Gasteiger partial charge in [-0.2, -0.15) is 0 Å². The molecule has 0 unspecified atom stereocenters. The Hall–Kier alpha value is -1.57. The number of rotatable bonds is 3. The van der Waals surface area contributed by atoms with Gasteiger partial charge in [0.2, 0.25) is 0 Å². The maximum absolute atomic E-state index is 5.41. The molecule has 1 heterocycles. The Bertz CT molecular complexity index is 423. The van der Waals surface area contributed by atoms with Crippen LogP contribution in [0.1, 0.15) is 6.42 Å². The summed E-state index contributed by atoms with van der Waals surface area (Å²) < 4.78 is 0. The summed E-state index contributed by atoms with van der Waals surface area (Å²) in [6, 6.07) is 10.1. The first-order valence-corrected chi connectivity index (χ1v) is 4.69. The van der Waals surface area contributed by atoms with Gasteiger partial charge in [-0.1, -0.05) is 6.07 Å². The maximum atomic E-state index is 5.41. The van der Waals surface area contributed by atoms with E-state index < -0.39 is 0 Å². The van der Waals surface area contributed by atoms with Crippen molar-refractivity contribution < 1.29 is 0 Å². The number of nitrogens with zero attached hydrogens (tertiary/aromatic N) is 1. The minimum absolute atomic E-state index is 0.644. The SMILES string of the molecule is [CH]CCNc1ccc2ncccc2c1. The molecule has 2 rings (SSSR count). The highest BCUT2D eigenvalue weighted by molar-refractivity contribution is 5.82. The third kappa shape index (κ3) is 1.84. The number of aromatic nitrogens is 1. The van der Waals surface area contributed by atoms with E-state index >= 15 is 0 Å². The van der Waals surface area contributed by atoms with Gasteiger partial charge < -0.3 is 5.32 Å². The van der Waals surface area contributed by atoms with Crippen LogP contribution in [0.4, 0.5) is 5.69 Å². The van der Waals surface area contributed by atoms with Crippen molar-refractivity contribution in [1.82, 2.24) is 4.98 Å². The summed E-state index contributed by atoms with van der Waals surface area (Å²) in [4.78, 5) is 4.25. The second-order valence-corrected chi connectivity index (χ2v) is 3.13. The van der Waals surface area contributed by atoms with Crippen molar-refractivity contribution >= 4 is 16.6 Å². The van der Waals surface area contributed by atoms with Crippen molar-refractivity contribution in [2.24, 2.45) is 0 Å². The molecule has 0 aliphatic heterocycles. The van der Waals surface area contributed by atoms with Crippen LogP contribution < -0.4 is 5.32 Å². The Balaban J connectivity index is 2.32. The first-order valence-electron chi connectivity index (χ1n) is 4.69. The normalized spacial score (nSPS) is 10.4. The molecule has 0 aliphatic carbocycles. The monoisotopic (exact) mass is 184 g/mol. The van der Waals surface area contributed by atoms with Crippen LogP contribution in [0, 0.1) is 6.92 Å². The Morgan fingerprint density at radius 2 is 2.21 bits per heavy atom. The van der Waals surface area contributed by atoms with Crippen molar-refractivity contribution in [3.05, 3.63) is 43.5 Å². The zero-order valence-electron chi connectivity index (χ0n) is 7.90. The zero-order valence-corrected chi connectivity index (χ0v) is 7.90. The van der Waals surface area contributed by atoms with Gasteiger partial charge in [0.05, 0.1) is 5.52 Å². The van der Waals surface area contributed by atoms with E-state index in [1.54, 1.807) is 6.20 Å². The topological polar surface area (TPSA) is 24.9 Å². The maximum Gasteiger partial charge on any atom is 0.0703 e. The Morgan fingerprint density at radius 1 is 1.29 bits per heavy atom. The highest BCUT2D eigenvalue weighted by atomic mass is 14.9. The first-order chi connectivity index (χ1) is 6.90. The van der Waals surface area contributed by atoms with E-state index in [0.717, 1.165) is 23.1 Å². The lowest BCUT2D eigenvalue weighted by Crippen LogP contribution is -1.99. The fourth-order valence-corrected chi connectivity index (χ4v) is 1.40. The smallest absolute Gasteiger partial charge is 0.0703 e. The number of hydrogen-bond acceptors (Lipinski definition) is 2.